The molecule has 1 aliphatic rings. The highest BCUT2D eigenvalue weighted by Gasteiger charge is 2.36. The van der Waals surface area contributed by atoms with E-state index in [1.165, 1.54) is 18.1 Å². The van der Waals surface area contributed by atoms with Gasteiger partial charge >= 0.3 is 0 Å². The summed E-state index contributed by atoms with van der Waals surface area (Å²) >= 11 is 0. The van der Waals surface area contributed by atoms with E-state index in [9.17, 15) is 9.59 Å². The summed E-state index contributed by atoms with van der Waals surface area (Å²) in [6, 6.07) is 18.5. The van der Waals surface area contributed by atoms with Crippen LogP contribution in [0.25, 0.3) is 0 Å². The molecule has 3 rings (SSSR count). The molecule has 1 saturated heterocycles. The summed E-state index contributed by atoms with van der Waals surface area (Å²) in [5.41, 5.74) is 3.09. The highest BCUT2D eigenvalue weighted by molar-refractivity contribution is 5.79. The molecule has 0 radical (unpaired) electrons. The van der Waals surface area contributed by atoms with E-state index in [0.29, 0.717) is 13.0 Å². The molecular formula is C24H31N3O2. The average molecular weight is 394 g/mol. The van der Waals surface area contributed by atoms with Crippen molar-refractivity contribution in [1.29, 1.82) is 0 Å². The number of nitrogens with one attached hydrogen (secondary N) is 2. The van der Waals surface area contributed by atoms with E-state index >= 15 is 0 Å². The molecule has 0 atom stereocenters. The van der Waals surface area contributed by atoms with E-state index in [1.807, 2.05) is 37.3 Å². The van der Waals surface area contributed by atoms with Gasteiger partial charge in [0.05, 0.1) is 12.0 Å². The Balaban J connectivity index is 1.61. The Kier molecular flexibility index (Phi) is 7.04. The fourth-order valence-corrected chi connectivity index (χ4v) is 3.85. The third-order valence-electron chi connectivity index (χ3n) is 5.63. The SMILES string of the molecule is CC(=O)NCC1(NC(=O)Cc2ccc(C)cc2)CCN(Cc2ccccc2)CC1. The molecular weight excluding hydrogens is 362 g/mol. The first kappa shape index (κ1) is 21.1. The van der Waals surface area contributed by atoms with E-state index in [4.69, 9.17) is 0 Å². The van der Waals surface area contributed by atoms with Gasteiger partial charge in [-0.25, -0.2) is 0 Å². The topological polar surface area (TPSA) is 61.4 Å². The predicted molar refractivity (Wildman–Crippen MR) is 115 cm³/mol. The van der Waals surface area contributed by atoms with Gasteiger partial charge in [0.25, 0.3) is 0 Å². The molecule has 5 nitrogen and oxygen atoms in total. The second kappa shape index (κ2) is 9.70. The van der Waals surface area contributed by atoms with Crippen molar-refractivity contribution in [1.82, 2.24) is 15.5 Å². The van der Waals surface area contributed by atoms with Crippen LogP contribution in [0.3, 0.4) is 0 Å². The van der Waals surface area contributed by atoms with Gasteiger partial charge in [0.15, 0.2) is 0 Å². The Bertz CT molecular complexity index is 810. The monoisotopic (exact) mass is 393 g/mol. The summed E-state index contributed by atoms with van der Waals surface area (Å²) < 4.78 is 0. The molecule has 2 amide bonds. The van der Waals surface area contributed by atoms with Crippen LogP contribution in [-0.2, 0) is 22.6 Å². The van der Waals surface area contributed by atoms with Crippen molar-refractivity contribution in [3.63, 3.8) is 0 Å². The minimum atomic E-state index is -0.388. The van der Waals surface area contributed by atoms with Gasteiger partial charge in [-0.2, -0.15) is 0 Å². The van der Waals surface area contributed by atoms with Gasteiger partial charge in [0, 0.05) is 33.1 Å². The van der Waals surface area contributed by atoms with Crippen LogP contribution in [0.2, 0.25) is 0 Å². The van der Waals surface area contributed by atoms with Crippen LogP contribution in [0.5, 0.6) is 0 Å². The van der Waals surface area contributed by atoms with Crippen molar-refractivity contribution in [3.8, 4) is 0 Å². The number of carbonyl (C=O) groups is 2. The third-order valence-corrected chi connectivity index (χ3v) is 5.63. The van der Waals surface area contributed by atoms with E-state index in [-0.39, 0.29) is 17.4 Å². The van der Waals surface area contributed by atoms with E-state index < -0.39 is 0 Å². The van der Waals surface area contributed by atoms with Gasteiger partial charge in [-0.1, -0.05) is 60.2 Å². The van der Waals surface area contributed by atoms with Gasteiger partial charge < -0.3 is 10.6 Å². The standard InChI is InChI=1S/C24H31N3O2/c1-19-8-10-21(11-9-19)16-23(29)26-24(18-25-20(2)28)12-14-27(15-13-24)17-22-6-4-3-5-7-22/h3-11H,12-18H2,1-2H3,(H,25,28)(H,26,29). The predicted octanol–water partition coefficient (Wildman–Crippen LogP) is 2.82. The largest absolute Gasteiger partial charge is 0.354 e. The van der Waals surface area contributed by atoms with Crippen LogP contribution in [0, 0.1) is 6.92 Å². The summed E-state index contributed by atoms with van der Waals surface area (Å²) in [5.74, 6) is -0.0559. The number of hydrogen-bond donors (Lipinski definition) is 2. The Morgan fingerprint density at radius 1 is 0.966 bits per heavy atom. The summed E-state index contributed by atoms with van der Waals surface area (Å²) in [6.45, 7) is 6.72. The Morgan fingerprint density at radius 2 is 1.62 bits per heavy atom. The molecule has 1 heterocycles. The molecule has 0 saturated carbocycles. The first-order chi connectivity index (χ1) is 13.9. The summed E-state index contributed by atoms with van der Waals surface area (Å²) in [6.07, 6.45) is 2.00. The molecule has 0 aliphatic carbocycles. The molecule has 1 aliphatic heterocycles. The molecule has 2 N–H and O–H groups in total. The zero-order valence-corrected chi connectivity index (χ0v) is 17.4. The molecule has 154 valence electrons. The molecule has 5 heteroatoms. The van der Waals surface area contributed by atoms with E-state index in [2.05, 4.69) is 39.8 Å². The fourth-order valence-electron chi connectivity index (χ4n) is 3.85. The minimum absolute atomic E-state index is 0.00992. The molecule has 29 heavy (non-hydrogen) atoms. The van der Waals surface area contributed by atoms with Crippen molar-refractivity contribution in [3.05, 3.63) is 71.3 Å². The zero-order chi connectivity index (χ0) is 20.7. The number of amides is 2. The van der Waals surface area contributed by atoms with Crippen LogP contribution >= 0.6 is 0 Å². The quantitative estimate of drug-likeness (QED) is 0.760. The van der Waals surface area contributed by atoms with Crippen LogP contribution < -0.4 is 10.6 Å². The Morgan fingerprint density at radius 3 is 2.24 bits per heavy atom. The maximum absolute atomic E-state index is 12.8. The lowest BCUT2D eigenvalue weighted by atomic mass is 9.86. The van der Waals surface area contributed by atoms with Gasteiger partial charge in [-0.05, 0) is 30.9 Å². The number of hydrogen-bond acceptors (Lipinski definition) is 3. The third kappa shape index (κ3) is 6.43. The highest BCUT2D eigenvalue weighted by Crippen LogP contribution is 2.23. The maximum atomic E-state index is 12.8. The van der Waals surface area contributed by atoms with Crippen molar-refractivity contribution in [2.24, 2.45) is 0 Å². The number of nitrogens with zero attached hydrogens (tertiary/aromatic N) is 1. The molecule has 0 bridgehead atoms. The number of carbonyl (C=O) groups excluding carboxylic acids is 2. The lowest BCUT2D eigenvalue weighted by Crippen LogP contribution is -2.60. The number of likely N-dealkylation sites (tertiary alicyclic amines) is 1. The summed E-state index contributed by atoms with van der Waals surface area (Å²) in [7, 11) is 0. The number of rotatable bonds is 7. The first-order valence-corrected chi connectivity index (χ1v) is 10.3. The normalized spacial score (nSPS) is 16.2. The summed E-state index contributed by atoms with van der Waals surface area (Å²) in [5, 5.41) is 6.18. The van der Waals surface area contributed by atoms with Crippen LogP contribution in [0.4, 0.5) is 0 Å². The van der Waals surface area contributed by atoms with Gasteiger partial charge in [0.1, 0.15) is 0 Å². The van der Waals surface area contributed by atoms with Gasteiger partial charge in [-0.3, -0.25) is 14.5 Å². The molecule has 0 unspecified atom stereocenters. The zero-order valence-electron chi connectivity index (χ0n) is 17.4. The Hall–Kier alpha value is -2.66. The van der Waals surface area contributed by atoms with Crippen molar-refractivity contribution >= 4 is 11.8 Å². The first-order valence-electron chi connectivity index (χ1n) is 10.3. The van der Waals surface area contributed by atoms with Crippen molar-refractivity contribution in [2.75, 3.05) is 19.6 Å². The minimum Gasteiger partial charge on any atom is -0.354 e. The molecule has 2 aromatic rings. The van der Waals surface area contributed by atoms with Gasteiger partial charge in [-0.15, -0.1) is 0 Å². The van der Waals surface area contributed by atoms with Crippen molar-refractivity contribution < 1.29 is 9.59 Å². The van der Waals surface area contributed by atoms with E-state index in [1.54, 1.807) is 0 Å². The highest BCUT2D eigenvalue weighted by atomic mass is 16.2. The summed E-state index contributed by atoms with van der Waals surface area (Å²) in [4.78, 5) is 26.7. The molecule has 0 aromatic heterocycles. The molecule has 2 aromatic carbocycles. The smallest absolute Gasteiger partial charge is 0.224 e. The van der Waals surface area contributed by atoms with Crippen LogP contribution in [0.1, 0.15) is 36.5 Å². The number of benzene rings is 2. The van der Waals surface area contributed by atoms with Crippen LogP contribution in [0.15, 0.2) is 54.6 Å². The second-order valence-electron chi connectivity index (χ2n) is 8.16. The number of aryl methyl sites for hydroxylation is 1. The maximum Gasteiger partial charge on any atom is 0.224 e. The van der Waals surface area contributed by atoms with E-state index in [0.717, 1.165) is 38.0 Å². The lowest BCUT2D eigenvalue weighted by Gasteiger charge is -2.42. The Labute approximate surface area is 173 Å². The van der Waals surface area contributed by atoms with Crippen molar-refractivity contribution in [2.45, 2.75) is 45.2 Å². The average Bonchev–Trinajstić information content (AvgIpc) is 2.71. The fraction of sp³-hybridized carbons (Fsp3) is 0.417. The molecule has 1 fully saturated rings. The van der Waals surface area contributed by atoms with Gasteiger partial charge in [0.2, 0.25) is 11.8 Å². The second-order valence-corrected chi connectivity index (χ2v) is 8.16. The lowest BCUT2D eigenvalue weighted by molar-refractivity contribution is -0.124. The number of piperidine rings is 1. The van der Waals surface area contributed by atoms with Crippen LogP contribution in [-0.4, -0.2) is 41.9 Å². The molecule has 0 spiro atoms.